The van der Waals surface area contributed by atoms with Crippen molar-refractivity contribution in [1.29, 1.82) is 0 Å². The van der Waals surface area contributed by atoms with Gasteiger partial charge >= 0.3 is 5.97 Å². The van der Waals surface area contributed by atoms with Gasteiger partial charge in [0.1, 0.15) is 0 Å². The summed E-state index contributed by atoms with van der Waals surface area (Å²) in [4.78, 5) is 13.6. The fourth-order valence-electron chi connectivity index (χ4n) is 2.42. The second-order valence-electron chi connectivity index (χ2n) is 4.68. The lowest BCUT2D eigenvalue weighted by Crippen LogP contribution is -2.26. The number of benzene rings is 1. The Labute approximate surface area is 116 Å². The van der Waals surface area contributed by atoms with E-state index in [1.165, 1.54) is 7.11 Å². The van der Waals surface area contributed by atoms with Crippen molar-refractivity contribution in [1.82, 2.24) is 20.2 Å². The molecule has 1 atom stereocenters. The Morgan fingerprint density at radius 1 is 1.35 bits per heavy atom. The molecule has 1 aromatic heterocycles. The highest BCUT2D eigenvalue weighted by molar-refractivity contribution is 5.73. The summed E-state index contributed by atoms with van der Waals surface area (Å²) in [5.41, 5.74) is 0.897. The first-order valence-electron chi connectivity index (χ1n) is 6.46. The van der Waals surface area contributed by atoms with Crippen molar-refractivity contribution in [3.63, 3.8) is 0 Å². The van der Waals surface area contributed by atoms with Gasteiger partial charge in [0, 0.05) is 13.1 Å². The Kier molecular flexibility index (Phi) is 3.32. The highest BCUT2D eigenvalue weighted by Crippen LogP contribution is 2.24. The van der Waals surface area contributed by atoms with Crippen LogP contribution in [0.5, 0.6) is 0 Å². The summed E-state index contributed by atoms with van der Waals surface area (Å²) < 4.78 is 6.47. The molecule has 7 heteroatoms. The zero-order valence-electron chi connectivity index (χ0n) is 11.1. The Morgan fingerprint density at radius 2 is 2.15 bits per heavy atom. The number of hydrogen-bond acceptors (Lipinski definition) is 6. The molecule has 0 N–H and O–H groups in total. The average Bonchev–Trinajstić information content (AvgIpc) is 3.15. The minimum atomic E-state index is -0.175. The fraction of sp³-hybridized carbons (Fsp3) is 0.385. The second kappa shape index (κ2) is 5.28. The van der Waals surface area contributed by atoms with Crippen LogP contribution in [0.15, 0.2) is 30.3 Å². The quantitative estimate of drug-likeness (QED) is 0.765. The number of ether oxygens (including phenoxy) is 1. The van der Waals surface area contributed by atoms with E-state index in [1.54, 1.807) is 4.68 Å². The second-order valence-corrected chi connectivity index (χ2v) is 4.68. The molecule has 104 valence electrons. The SMILES string of the molecule is COC(=O)C1CCN(c2nnnn2-c2ccccc2)C1. The Bertz CT molecular complexity index is 598. The number of carbonyl (C=O) groups is 1. The third kappa shape index (κ3) is 2.22. The monoisotopic (exact) mass is 273 g/mol. The van der Waals surface area contributed by atoms with E-state index >= 15 is 0 Å². The van der Waals surface area contributed by atoms with Crippen LogP contribution < -0.4 is 4.90 Å². The molecule has 7 nitrogen and oxygen atoms in total. The topological polar surface area (TPSA) is 73.1 Å². The molecular formula is C13H15N5O2. The van der Waals surface area contributed by atoms with Crippen molar-refractivity contribution in [3.05, 3.63) is 30.3 Å². The molecule has 3 rings (SSSR count). The van der Waals surface area contributed by atoms with Gasteiger partial charge in [-0.15, -0.1) is 0 Å². The summed E-state index contributed by atoms with van der Waals surface area (Å²) in [5, 5.41) is 11.8. The standard InChI is InChI=1S/C13H15N5O2/c1-20-12(19)10-7-8-17(9-10)13-14-15-16-18(13)11-5-3-2-4-6-11/h2-6,10H,7-9H2,1H3. The van der Waals surface area contributed by atoms with Crippen LogP contribution in [-0.4, -0.2) is 46.4 Å². The van der Waals surface area contributed by atoms with Crippen LogP contribution in [0.2, 0.25) is 0 Å². The summed E-state index contributed by atoms with van der Waals surface area (Å²) in [5.74, 6) is 0.370. The van der Waals surface area contributed by atoms with Crippen molar-refractivity contribution in [2.75, 3.05) is 25.1 Å². The number of hydrogen-bond donors (Lipinski definition) is 0. The van der Waals surface area contributed by atoms with Gasteiger partial charge in [-0.1, -0.05) is 23.3 Å². The zero-order chi connectivity index (χ0) is 13.9. The lowest BCUT2D eigenvalue weighted by molar-refractivity contribution is -0.144. The van der Waals surface area contributed by atoms with E-state index in [2.05, 4.69) is 15.5 Å². The maximum absolute atomic E-state index is 11.6. The maximum Gasteiger partial charge on any atom is 0.310 e. The summed E-state index contributed by atoms with van der Waals surface area (Å²) >= 11 is 0. The summed E-state index contributed by atoms with van der Waals surface area (Å²) in [6, 6.07) is 9.68. The number of para-hydroxylation sites is 1. The fourth-order valence-corrected chi connectivity index (χ4v) is 2.42. The summed E-state index contributed by atoms with van der Waals surface area (Å²) in [7, 11) is 1.42. The van der Waals surface area contributed by atoms with Gasteiger partial charge in [-0.25, -0.2) is 0 Å². The Hall–Kier alpha value is -2.44. The molecule has 1 fully saturated rings. The van der Waals surface area contributed by atoms with Crippen LogP contribution >= 0.6 is 0 Å². The van der Waals surface area contributed by atoms with E-state index in [9.17, 15) is 4.79 Å². The molecule has 1 aliphatic rings. The van der Waals surface area contributed by atoms with Gasteiger partial charge in [-0.3, -0.25) is 4.79 Å². The molecule has 1 unspecified atom stereocenters. The molecule has 0 spiro atoms. The molecule has 0 amide bonds. The number of esters is 1. The number of rotatable bonds is 3. The first-order valence-corrected chi connectivity index (χ1v) is 6.46. The molecule has 0 saturated carbocycles. The number of aromatic nitrogens is 4. The third-order valence-corrected chi connectivity index (χ3v) is 3.46. The van der Waals surface area contributed by atoms with Crippen LogP contribution in [0.3, 0.4) is 0 Å². The number of anilines is 1. The number of carbonyl (C=O) groups excluding carboxylic acids is 1. The molecule has 1 aromatic carbocycles. The lowest BCUT2D eigenvalue weighted by Gasteiger charge is -2.16. The van der Waals surface area contributed by atoms with Crippen molar-refractivity contribution in [2.24, 2.45) is 5.92 Å². The zero-order valence-corrected chi connectivity index (χ0v) is 11.1. The molecule has 20 heavy (non-hydrogen) atoms. The molecule has 0 radical (unpaired) electrons. The van der Waals surface area contributed by atoms with Crippen LogP contribution in [0.4, 0.5) is 5.95 Å². The van der Waals surface area contributed by atoms with Crippen LogP contribution in [0, 0.1) is 5.92 Å². The number of methoxy groups -OCH3 is 1. The first-order chi connectivity index (χ1) is 9.79. The van der Waals surface area contributed by atoms with Gasteiger partial charge in [0.25, 0.3) is 0 Å². The van der Waals surface area contributed by atoms with Crippen molar-refractivity contribution < 1.29 is 9.53 Å². The van der Waals surface area contributed by atoms with Crippen molar-refractivity contribution in [2.45, 2.75) is 6.42 Å². The Balaban J connectivity index is 1.83. The molecule has 0 bridgehead atoms. The first kappa shape index (κ1) is 12.6. The van der Waals surface area contributed by atoms with E-state index in [4.69, 9.17) is 4.74 Å². The van der Waals surface area contributed by atoms with Gasteiger partial charge in [0.15, 0.2) is 0 Å². The minimum absolute atomic E-state index is 0.110. The Morgan fingerprint density at radius 3 is 2.90 bits per heavy atom. The number of nitrogens with zero attached hydrogens (tertiary/aromatic N) is 5. The predicted molar refractivity (Wildman–Crippen MR) is 71.5 cm³/mol. The highest BCUT2D eigenvalue weighted by Gasteiger charge is 2.31. The van der Waals surface area contributed by atoms with Crippen LogP contribution in [-0.2, 0) is 9.53 Å². The maximum atomic E-state index is 11.6. The van der Waals surface area contributed by atoms with E-state index in [0.29, 0.717) is 12.5 Å². The van der Waals surface area contributed by atoms with Gasteiger partial charge < -0.3 is 9.64 Å². The summed E-state index contributed by atoms with van der Waals surface area (Å²) in [6.07, 6.45) is 0.758. The molecule has 2 heterocycles. The van der Waals surface area contributed by atoms with Crippen LogP contribution in [0.25, 0.3) is 5.69 Å². The van der Waals surface area contributed by atoms with Gasteiger partial charge in [-0.05, 0) is 29.0 Å². The summed E-state index contributed by atoms with van der Waals surface area (Å²) in [6.45, 7) is 1.33. The van der Waals surface area contributed by atoms with Gasteiger partial charge in [-0.2, -0.15) is 4.68 Å². The number of tetrazole rings is 1. The lowest BCUT2D eigenvalue weighted by atomic mass is 10.1. The highest BCUT2D eigenvalue weighted by atomic mass is 16.5. The molecular weight excluding hydrogens is 258 g/mol. The van der Waals surface area contributed by atoms with E-state index < -0.39 is 0 Å². The molecule has 0 aliphatic carbocycles. The minimum Gasteiger partial charge on any atom is -0.469 e. The van der Waals surface area contributed by atoms with E-state index in [-0.39, 0.29) is 11.9 Å². The predicted octanol–water partition coefficient (Wildman–Crippen LogP) is 0.662. The largest absolute Gasteiger partial charge is 0.469 e. The molecule has 2 aromatic rings. The molecule has 1 aliphatic heterocycles. The molecule has 1 saturated heterocycles. The third-order valence-electron chi connectivity index (χ3n) is 3.46. The van der Waals surface area contributed by atoms with E-state index in [1.807, 2.05) is 35.2 Å². The van der Waals surface area contributed by atoms with Crippen LogP contribution in [0.1, 0.15) is 6.42 Å². The smallest absolute Gasteiger partial charge is 0.310 e. The average molecular weight is 273 g/mol. The van der Waals surface area contributed by atoms with Crippen molar-refractivity contribution in [3.8, 4) is 5.69 Å². The normalized spacial score (nSPS) is 18.2. The van der Waals surface area contributed by atoms with Gasteiger partial charge in [0.05, 0.1) is 18.7 Å². The van der Waals surface area contributed by atoms with Crippen molar-refractivity contribution >= 4 is 11.9 Å². The van der Waals surface area contributed by atoms with E-state index in [0.717, 1.165) is 18.7 Å². The van der Waals surface area contributed by atoms with Gasteiger partial charge in [0.2, 0.25) is 5.95 Å².